The van der Waals surface area contributed by atoms with Crippen LogP contribution in [0.25, 0.3) is 0 Å². The molecular formula is C14H24N2O2. The van der Waals surface area contributed by atoms with Crippen LogP contribution in [0.4, 0.5) is 0 Å². The Bertz CT molecular complexity index is 335. The highest BCUT2D eigenvalue weighted by molar-refractivity contribution is 5.94. The van der Waals surface area contributed by atoms with Crippen LogP contribution < -0.4 is 5.32 Å². The van der Waals surface area contributed by atoms with Crippen LogP contribution in [0.2, 0.25) is 0 Å². The van der Waals surface area contributed by atoms with Crippen molar-refractivity contribution < 1.29 is 9.59 Å². The minimum atomic E-state index is -0.574. The van der Waals surface area contributed by atoms with Crippen molar-refractivity contribution in [2.45, 2.75) is 70.4 Å². The van der Waals surface area contributed by atoms with Gasteiger partial charge in [0.25, 0.3) is 0 Å². The van der Waals surface area contributed by atoms with E-state index in [2.05, 4.69) is 19.2 Å². The van der Waals surface area contributed by atoms with Gasteiger partial charge in [-0.3, -0.25) is 9.59 Å². The summed E-state index contributed by atoms with van der Waals surface area (Å²) in [6.07, 6.45) is 6.24. The zero-order valence-electron chi connectivity index (χ0n) is 11.5. The van der Waals surface area contributed by atoms with Crippen molar-refractivity contribution in [3.05, 3.63) is 0 Å². The van der Waals surface area contributed by atoms with Gasteiger partial charge in [-0.15, -0.1) is 0 Å². The molecule has 1 atom stereocenters. The van der Waals surface area contributed by atoms with Crippen molar-refractivity contribution in [3.8, 4) is 0 Å². The molecule has 102 valence electrons. The van der Waals surface area contributed by atoms with Gasteiger partial charge in [0.1, 0.15) is 5.54 Å². The van der Waals surface area contributed by atoms with Gasteiger partial charge in [0.05, 0.1) is 0 Å². The van der Waals surface area contributed by atoms with Gasteiger partial charge in [0.2, 0.25) is 11.8 Å². The number of nitrogens with zero attached hydrogens (tertiary/aromatic N) is 1. The van der Waals surface area contributed by atoms with Crippen LogP contribution in [-0.4, -0.2) is 34.8 Å². The number of hydrogen-bond donors (Lipinski definition) is 1. The Balaban J connectivity index is 2.20. The zero-order chi connectivity index (χ0) is 13.2. The summed E-state index contributed by atoms with van der Waals surface area (Å²) in [5.74, 6) is 0.197. The van der Waals surface area contributed by atoms with Crippen molar-refractivity contribution in [2.75, 3.05) is 6.54 Å². The largest absolute Gasteiger partial charge is 0.342 e. The first-order chi connectivity index (χ1) is 8.59. The monoisotopic (exact) mass is 252 g/mol. The molecule has 0 bridgehead atoms. The molecule has 2 rings (SSSR count). The lowest BCUT2D eigenvalue weighted by atomic mass is 9.95. The fourth-order valence-corrected chi connectivity index (χ4v) is 3.29. The van der Waals surface area contributed by atoms with E-state index < -0.39 is 5.54 Å². The van der Waals surface area contributed by atoms with Gasteiger partial charge in [0, 0.05) is 19.0 Å². The van der Waals surface area contributed by atoms with Crippen molar-refractivity contribution in [2.24, 2.45) is 0 Å². The second-order valence-electron chi connectivity index (χ2n) is 5.72. The van der Waals surface area contributed by atoms with Gasteiger partial charge >= 0.3 is 0 Å². The lowest BCUT2D eigenvalue weighted by molar-refractivity contribution is -0.140. The number of rotatable bonds is 3. The minimum absolute atomic E-state index is 0.0384. The van der Waals surface area contributed by atoms with E-state index in [1.165, 1.54) is 0 Å². The second-order valence-corrected chi connectivity index (χ2v) is 5.72. The fraction of sp³-hybridized carbons (Fsp3) is 0.857. The predicted molar refractivity (Wildman–Crippen MR) is 70.0 cm³/mol. The van der Waals surface area contributed by atoms with E-state index in [4.69, 9.17) is 0 Å². The van der Waals surface area contributed by atoms with Gasteiger partial charge in [-0.1, -0.05) is 26.2 Å². The molecule has 0 aromatic carbocycles. The first kappa shape index (κ1) is 13.4. The van der Waals surface area contributed by atoms with Gasteiger partial charge in [-0.05, 0) is 26.2 Å². The SMILES string of the molecule is CCCC(C)N1CCC(=O)NC2(CCCC2)C1=O. The average Bonchev–Trinajstić information content (AvgIpc) is 2.74. The summed E-state index contributed by atoms with van der Waals surface area (Å²) in [6.45, 7) is 4.81. The van der Waals surface area contributed by atoms with E-state index in [-0.39, 0.29) is 17.9 Å². The number of carbonyl (C=O) groups excluding carboxylic acids is 2. The Labute approximate surface area is 109 Å². The predicted octanol–water partition coefficient (Wildman–Crippen LogP) is 1.84. The van der Waals surface area contributed by atoms with E-state index in [0.29, 0.717) is 13.0 Å². The molecule has 1 unspecified atom stereocenters. The summed E-state index contributed by atoms with van der Waals surface area (Å²) in [4.78, 5) is 26.5. The number of amides is 2. The molecule has 2 fully saturated rings. The van der Waals surface area contributed by atoms with Gasteiger partial charge < -0.3 is 10.2 Å². The molecule has 1 saturated carbocycles. The normalized spacial score (nSPS) is 25.1. The standard InChI is InChI=1S/C14H24N2O2/c1-3-6-11(2)16-10-7-12(17)15-14(13(16)18)8-4-5-9-14/h11H,3-10H2,1-2H3,(H,15,17). The molecule has 0 radical (unpaired) electrons. The lowest BCUT2D eigenvalue weighted by Crippen LogP contribution is -2.56. The first-order valence-corrected chi connectivity index (χ1v) is 7.21. The Hall–Kier alpha value is -1.06. The Morgan fingerprint density at radius 1 is 1.33 bits per heavy atom. The maximum absolute atomic E-state index is 12.7. The number of nitrogens with one attached hydrogen (secondary N) is 1. The third-order valence-electron chi connectivity index (χ3n) is 4.32. The summed E-state index contributed by atoms with van der Waals surface area (Å²) >= 11 is 0. The smallest absolute Gasteiger partial charge is 0.248 e. The molecule has 4 heteroatoms. The molecule has 1 aliphatic carbocycles. The third kappa shape index (κ3) is 2.38. The lowest BCUT2D eigenvalue weighted by Gasteiger charge is -2.35. The van der Waals surface area contributed by atoms with Crippen LogP contribution >= 0.6 is 0 Å². The van der Waals surface area contributed by atoms with Crippen molar-refractivity contribution in [1.82, 2.24) is 10.2 Å². The zero-order valence-corrected chi connectivity index (χ0v) is 11.5. The second kappa shape index (κ2) is 5.29. The van der Waals surface area contributed by atoms with Crippen molar-refractivity contribution >= 4 is 11.8 Å². The summed E-state index contributed by atoms with van der Waals surface area (Å²) in [6, 6.07) is 0.243. The van der Waals surface area contributed by atoms with Crippen LogP contribution in [0.15, 0.2) is 0 Å². The molecule has 1 saturated heterocycles. The van der Waals surface area contributed by atoms with Gasteiger partial charge in [-0.2, -0.15) is 0 Å². The van der Waals surface area contributed by atoms with E-state index in [0.717, 1.165) is 38.5 Å². The third-order valence-corrected chi connectivity index (χ3v) is 4.32. The molecule has 1 spiro atoms. The molecule has 1 N–H and O–H groups in total. The minimum Gasteiger partial charge on any atom is -0.342 e. The molecule has 2 amide bonds. The number of hydrogen-bond acceptors (Lipinski definition) is 2. The molecule has 4 nitrogen and oxygen atoms in total. The Morgan fingerprint density at radius 2 is 2.00 bits per heavy atom. The van der Waals surface area contributed by atoms with Crippen molar-refractivity contribution in [3.63, 3.8) is 0 Å². The highest BCUT2D eigenvalue weighted by atomic mass is 16.2. The van der Waals surface area contributed by atoms with Crippen LogP contribution in [-0.2, 0) is 9.59 Å². The van der Waals surface area contributed by atoms with Crippen LogP contribution in [0.1, 0.15) is 58.8 Å². The molecular weight excluding hydrogens is 228 g/mol. The Morgan fingerprint density at radius 3 is 2.61 bits per heavy atom. The summed E-state index contributed by atoms with van der Waals surface area (Å²) in [5.41, 5.74) is -0.574. The van der Waals surface area contributed by atoms with Gasteiger partial charge in [0.15, 0.2) is 0 Å². The highest BCUT2D eigenvalue weighted by Crippen LogP contribution is 2.33. The summed E-state index contributed by atoms with van der Waals surface area (Å²) in [7, 11) is 0. The first-order valence-electron chi connectivity index (χ1n) is 7.21. The van der Waals surface area contributed by atoms with E-state index in [1.54, 1.807) is 0 Å². The topological polar surface area (TPSA) is 49.4 Å². The quantitative estimate of drug-likeness (QED) is 0.833. The number of carbonyl (C=O) groups is 2. The van der Waals surface area contributed by atoms with Crippen LogP contribution in [0.5, 0.6) is 0 Å². The summed E-state index contributed by atoms with van der Waals surface area (Å²) < 4.78 is 0. The highest BCUT2D eigenvalue weighted by Gasteiger charge is 2.47. The van der Waals surface area contributed by atoms with Crippen molar-refractivity contribution in [1.29, 1.82) is 0 Å². The van der Waals surface area contributed by atoms with Crippen LogP contribution in [0, 0.1) is 0 Å². The average molecular weight is 252 g/mol. The van der Waals surface area contributed by atoms with E-state index in [1.807, 2.05) is 4.90 Å². The molecule has 2 aliphatic rings. The van der Waals surface area contributed by atoms with Crippen LogP contribution in [0.3, 0.4) is 0 Å². The fourth-order valence-electron chi connectivity index (χ4n) is 3.29. The molecule has 1 heterocycles. The molecule has 0 aromatic heterocycles. The maximum atomic E-state index is 12.7. The summed E-state index contributed by atoms with van der Waals surface area (Å²) in [5, 5.41) is 3.00. The van der Waals surface area contributed by atoms with E-state index in [9.17, 15) is 9.59 Å². The van der Waals surface area contributed by atoms with Gasteiger partial charge in [-0.25, -0.2) is 0 Å². The molecule has 18 heavy (non-hydrogen) atoms. The maximum Gasteiger partial charge on any atom is 0.248 e. The molecule has 1 aliphatic heterocycles. The van der Waals surface area contributed by atoms with E-state index >= 15 is 0 Å². The molecule has 0 aromatic rings. The Kier molecular flexibility index (Phi) is 3.93.